The number of benzene rings is 1. The average molecular weight is 424 g/mol. The quantitative estimate of drug-likeness (QED) is 0.486. The van der Waals surface area contributed by atoms with Crippen LogP contribution < -0.4 is 4.74 Å². The van der Waals surface area contributed by atoms with Crippen molar-refractivity contribution in [2.75, 3.05) is 20.3 Å². The van der Waals surface area contributed by atoms with Crippen molar-refractivity contribution in [2.45, 2.75) is 33.9 Å². The number of likely N-dealkylation sites (N-methyl/N-ethyl adjacent to an activating group) is 1. The highest BCUT2D eigenvalue weighted by Gasteiger charge is 2.19. The van der Waals surface area contributed by atoms with Gasteiger partial charge in [0.2, 0.25) is 0 Å². The Balaban J connectivity index is 1.55. The molecular weight excluding hydrogens is 396 g/mol. The standard InChI is InChI=1S/C24H28N2O5/c1-5-29-20-10-8-19(9-11-20)14-25(4)23(27)16-31-24(28)22-13-17(2)26(18(22)3)15-21-7-6-12-30-21/h6-13H,5,14-16H2,1-4H3. The fraction of sp³-hybridized carbons (Fsp3) is 0.333. The zero-order chi connectivity index (χ0) is 22.4. The number of carbonyl (C=O) groups is 2. The van der Waals surface area contributed by atoms with Crippen LogP contribution in [0, 0.1) is 13.8 Å². The number of amides is 1. The molecule has 0 unspecified atom stereocenters. The van der Waals surface area contributed by atoms with Crippen LogP contribution in [-0.2, 0) is 22.6 Å². The normalized spacial score (nSPS) is 10.7. The van der Waals surface area contributed by atoms with Crippen LogP contribution in [0.3, 0.4) is 0 Å². The van der Waals surface area contributed by atoms with Gasteiger partial charge in [0.25, 0.3) is 5.91 Å². The smallest absolute Gasteiger partial charge is 0.340 e. The largest absolute Gasteiger partial charge is 0.494 e. The van der Waals surface area contributed by atoms with Gasteiger partial charge in [-0.25, -0.2) is 4.79 Å². The molecule has 0 bridgehead atoms. The third-order valence-corrected chi connectivity index (χ3v) is 5.09. The van der Waals surface area contributed by atoms with Gasteiger partial charge >= 0.3 is 5.97 Å². The second-order valence-electron chi connectivity index (χ2n) is 7.35. The highest BCUT2D eigenvalue weighted by molar-refractivity contribution is 5.92. The molecule has 7 nitrogen and oxygen atoms in total. The molecule has 0 N–H and O–H groups in total. The van der Waals surface area contributed by atoms with Gasteiger partial charge in [0.05, 0.1) is 25.0 Å². The fourth-order valence-electron chi connectivity index (χ4n) is 3.34. The Kier molecular flexibility index (Phi) is 7.18. The third-order valence-electron chi connectivity index (χ3n) is 5.09. The number of ether oxygens (including phenoxy) is 2. The summed E-state index contributed by atoms with van der Waals surface area (Å²) in [7, 11) is 1.68. The molecule has 3 rings (SSSR count). The van der Waals surface area contributed by atoms with E-state index in [1.165, 1.54) is 4.90 Å². The summed E-state index contributed by atoms with van der Waals surface area (Å²) >= 11 is 0. The van der Waals surface area contributed by atoms with E-state index in [4.69, 9.17) is 13.9 Å². The maximum Gasteiger partial charge on any atom is 0.340 e. The van der Waals surface area contributed by atoms with Gasteiger partial charge in [-0.05, 0) is 56.7 Å². The predicted octanol–water partition coefficient (Wildman–Crippen LogP) is 3.96. The zero-order valence-corrected chi connectivity index (χ0v) is 18.4. The number of esters is 1. The Morgan fingerprint density at radius 2 is 1.87 bits per heavy atom. The molecule has 0 spiro atoms. The van der Waals surface area contributed by atoms with Crippen LogP contribution >= 0.6 is 0 Å². The van der Waals surface area contributed by atoms with Crippen molar-refractivity contribution in [1.82, 2.24) is 9.47 Å². The summed E-state index contributed by atoms with van der Waals surface area (Å²) in [5.41, 5.74) is 3.10. The first-order valence-corrected chi connectivity index (χ1v) is 10.2. The van der Waals surface area contributed by atoms with Gasteiger partial charge in [-0.3, -0.25) is 4.79 Å². The maximum atomic E-state index is 12.6. The molecule has 3 aromatic rings. The lowest BCUT2D eigenvalue weighted by molar-refractivity contribution is -0.133. The molecule has 0 radical (unpaired) electrons. The first kappa shape index (κ1) is 22.2. The number of aryl methyl sites for hydroxylation is 1. The Labute approximate surface area is 182 Å². The van der Waals surface area contributed by atoms with Crippen molar-refractivity contribution in [3.63, 3.8) is 0 Å². The Morgan fingerprint density at radius 1 is 1.13 bits per heavy atom. The number of furan rings is 1. The Bertz CT molecular complexity index is 1020. The molecular formula is C24H28N2O5. The van der Waals surface area contributed by atoms with E-state index in [-0.39, 0.29) is 12.5 Å². The summed E-state index contributed by atoms with van der Waals surface area (Å²) in [4.78, 5) is 26.5. The van der Waals surface area contributed by atoms with E-state index in [1.54, 1.807) is 19.4 Å². The number of nitrogens with zero attached hydrogens (tertiary/aromatic N) is 2. The lowest BCUT2D eigenvalue weighted by Crippen LogP contribution is -2.30. The SMILES string of the molecule is CCOc1ccc(CN(C)C(=O)COC(=O)c2cc(C)n(Cc3ccco3)c2C)cc1. The third kappa shape index (κ3) is 5.57. The number of carbonyl (C=O) groups excluding carboxylic acids is 2. The van der Waals surface area contributed by atoms with Crippen LogP contribution in [0.4, 0.5) is 0 Å². The van der Waals surface area contributed by atoms with E-state index in [2.05, 4.69) is 0 Å². The van der Waals surface area contributed by atoms with Crippen LogP contribution in [-0.4, -0.2) is 41.6 Å². The second kappa shape index (κ2) is 10.0. The van der Waals surface area contributed by atoms with Crippen molar-refractivity contribution < 1.29 is 23.5 Å². The van der Waals surface area contributed by atoms with Gasteiger partial charge in [0.15, 0.2) is 6.61 Å². The molecule has 7 heteroatoms. The molecule has 0 fully saturated rings. The highest BCUT2D eigenvalue weighted by Crippen LogP contribution is 2.19. The maximum absolute atomic E-state index is 12.6. The van der Waals surface area contributed by atoms with Crippen molar-refractivity contribution >= 4 is 11.9 Å². The summed E-state index contributed by atoms with van der Waals surface area (Å²) in [6.45, 7) is 6.94. The molecule has 2 heterocycles. The average Bonchev–Trinajstić information content (AvgIpc) is 3.37. The van der Waals surface area contributed by atoms with Crippen molar-refractivity contribution in [1.29, 1.82) is 0 Å². The topological polar surface area (TPSA) is 73.9 Å². The predicted molar refractivity (Wildman–Crippen MR) is 116 cm³/mol. The van der Waals surface area contributed by atoms with Gasteiger partial charge in [0.1, 0.15) is 11.5 Å². The summed E-state index contributed by atoms with van der Waals surface area (Å²) < 4.78 is 18.1. The molecule has 0 aliphatic carbocycles. The summed E-state index contributed by atoms with van der Waals surface area (Å²) in [5, 5.41) is 0. The number of aromatic nitrogens is 1. The summed E-state index contributed by atoms with van der Waals surface area (Å²) in [6.07, 6.45) is 1.62. The van der Waals surface area contributed by atoms with Gasteiger partial charge in [0, 0.05) is 25.0 Å². The molecule has 1 amide bonds. The molecule has 164 valence electrons. The van der Waals surface area contributed by atoms with E-state index >= 15 is 0 Å². The van der Waals surface area contributed by atoms with Crippen LogP contribution in [0.25, 0.3) is 0 Å². The molecule has 0 aliphatic rings. The van der Waals surface area contributed by atoms with E-state index in [9.17, 15) is 9.59 Å². The van der Waals surface area contributed by atoms with Gasteiger partial charge in [-0.15, -0.1) is 0 Å². The second-order valence-corrected chi connectivity index (χ2v) is 7.35. The van der Waals surface area contributed by atoms with E-state index in [1.807, 2.05) is 61.7 Å². The monoisotopic (exact) mass is 424 g/mol. The Morgan fingerprint density at radius 3 is 2.52 bits per heavy atom. The van der Waals surface area contributed by atoms with Gasteiger partial charge < -0.3 is 23.4 Å². The Hall–Kier alpha value is -3.48. The molecule has 2 aromatic heterocycles. The van der Waals surface area contributed by atoms with Gasteiger partial charge in [-0.1, -0.05) is 12.1 Å². The van der Waals surface area contributed by atoms with Crippen LogP contribution in [0.15, 0.2) is 53.1 Å². The minimum Gasteiger partial charge on any atom is -0.494 e. The van der Waals surface area contributed by atoms with Crippen LogP contribution in [0.2, 0.25) is 0 Å². The number of hydrogen-bond acceptors (Lipinski definition) is 5. The highest BCUT2D eigenvalue weighted by atomic mass is 16.5. The molecule has 31 heavy (non-hydrogen) atoms. The fourth-order valence-corrected chi connectivity index (χ4v) is 3.34. The van der Waals surface area contributed by atoms with Crippen LogP contribution in [0.5, 0.6) is 5.75 Å². The summed E-state index contributed by atoms with van der Waals surface area (Å²) in [6, 6.07) is 13.0. The number of rotatable bonds is 9. The van der Waals surface area contributed by atoms with Crippen molar-refractivity contribution in [3.8, 4) is 5.75 Å². The van der Waals surface area contributed by atoms with Crippen LogP contribution in [0.1, 0.15) is 40.0 Å². The first-order chi connectivity index (χ1) is 14.9. The molecule has 0 atom stereocenters. The molecule has 0 saturated carbocycles. The van der Waals surface area contributed by atoms with Crippen molar-refractivity contribution in [3.05, 3.63) is 77.0 Å². The summed E-state index contributed by atoms with van der Waals surface area (Å²) in [5.74, 6) is 0.805. The lowest BCUT2D eigenvalue weighted by atomic mass is 10.2. The number of hydrogen-bond donors (Lipinski definition) is 0. The van der Waals surface area contributed by atoms with Crippen molar-refractivity contribution in [2.24, 2.45) is 0 Å². The lowest BCUT2D eigenvalue weighted by Gasteiger charge is -2.17. The van der Waals surface area contributed by atoms with E-state index in [0.29, 0.717) is 25.3 Å². The van der Waals surface area contributed by atoms with Gasteiger partial charge in [-0.2, -0.15) is 0 Å². The first-order valence-electron chi connectivity index (χ1n) is 10.2. The minimum atomic E-state index is -0.512. The zero-order valence-electron chi connectivity index (χ0n) is 18.4. The van der Waals surface area contributed by atoms with E-state index < -0.39 is 5.97 Å². The molecule has 1 aromatic carbocycles. The molecule has 0 aliphatic heterocycles. The van der Waals surface area contributed by atoms with E-state index in [0.717, 1.165) is 28.5 Å². The molecule has 0 saturated heterocycles. The minimum absolute atomic E-state index is 0.272.